The van der Waals surface area contributed by atoms with Gasteiger partial charge >= 0.3 is 12.1 Å². The van der Waals surface area contributed by atoms with Gasteiger partial charge in [0.2, 0.25) is 0 Å². The van der Waals surface area contributed by atoms with Crippen LogP contribution in [0.5, 0.6) is 0 Å². The molecule has 1 aromatic heterocycles. The molecule has 0 saturated heterocycles. The molecule has 1 aliphatic rings. The number of carbonyl (C=O) groups excluding carboxylic acids is 2. The Labute approximate surface area is 193 Å². The number of benzene rings is 2. The average molecular weight is 448 g/mol. The summed E-state index contributed by atoms with van der Waals surface area (Å²) in [5, 5.41) is 7.52. The molecule has 0 spiro atoms. The molecule has 172 valence electrons. The highest BCUT2D eigenvalue weighted by Gasteiger charge is 2.34. The minimum Gasteiger partial charge on any atom is -0.444 e. The van der Waals surface area contributed by atoms with Crippen LogP contribution < -0.4 is 11.1 Å². The first-order valence-electron chi connectivity index (χ1n) is 10.9. The number of nitrogens with zero attached hydrogens (tertiary/aromatic N) is 3. The van der Waals surface area contributed by atoms with Gasteiger partial charge in [-0.3, -0.25) is 4.90 Å². The van der Waals surface area contributed by atoms with Crippen molar-refractivity contribution in [2.45, 2.75) is 53.3 Å². The minimum absolute atomic E-state index is 0.355. The highest BCUT2D eigenvalue weighted by molar-refractivity contribution is 5.88. The third kappa shape index (κ3) is 4.55. The second kappa shape index (κ2) is 8.27. The van der Waals surface area contributed by atoms with Gasteiger partial charge in [-0.25, -0.2) is 14.3 Å². The van der Waals surface area contributed by atoms with Gasteiger partial charge in [0.25, 0.3) is 0 Å². The van der Waals surface area contributed by atoms with E-state index in [1.165, 1.54) is 0 Å². The Hall–Kier alpha value is -3.81. The summed E-state index contributed by atoms with van der Waals surface area (Å²) in [5.74, 6) is 0. The number of nitrogens with one attached hydrogen (secondary N) is 1. The molecule has 3 aromatic rings. The molecule has 3 N–H and O–H groups in total. The molecule has 2 aromatic carbocycles. The third-order valence-electron chi connectivity index (χ3n) is 5.49. The summed E-state index contributed by atoms with van der Waals surface area (Å²) < 4.78 is 7.54. The van der Waals surface area contributed by atoms with Crippen molar-refractivity contribution in [2.75, 3.05) is 5.32 Å². The van der Waals surface area contributed by atoms with Crippen LogP contribution in [-0.2, 0) is 17.8 Å². The first kappa shape index (κ1) is 22.4. The van der Waals surface area contributed by atoms with Crippen molar-refractivity contribution >= 4 is 17.8 Å². The lowest BCUT2D eigenvalue weighted by Crippen LogP contribution is -2.33. The van der Waals surface area contributed by atoms with Crippen LogP contribution in [0.3, 0.4) is 0 Å². The number of aromatic nitrogens is 2. The molecule has 0 radical (unpaired) electrons. The molecule has 0 atom stereocenters. The van der Waals surface area contributed by atoms with Crippen molar-refractivity contribution < 1.29 is 14.3 Å². The van der Waals surface area contributed by atoms with E-state index in [0.29, 0.717) is 18.8 Å². The standard InChI is InChI=1S/C25H29N5O3/c1-15-7-6-8-16(2)21(15)30-22(17-9-11-18(12-10-17)27-23(26)31)19-13-29(14-20(19)28-30)24(32)33-25(3,4)5/h6-12H,13-14H2,1-5H3,(H3,26,27,31). The molecule has 8 nitrogen and oxygen atoms in total. The number of para-hydroxylation sites is 1. The zero-order valence-corrected chi connectivity index (χ0v) is 19.6. The smallest absolute Gasteiger partial charge is 0.410 e. The van der Waals surface area contributed by atoms with Crippen LogP contribution in [0.4, 0.5) is 15.3 Å². The predicted molar refractivity (Wildman–Crippen MR) is 127 cm³/mol. The number of urea groups is 1. The number of nitrogens with two attached hydrogens (primary N) is 1. The molecule has 0 fully saturated rings. The quantitative estimate of drug-likeness (QED) is 0.596. The van der Waals surface area contributed by atoms with Gasteiger partial charge in [0.05, 0.1) is 30.2 Å². The summed E-state index contributed by atoms with van der Waals surface area (Å²) in [5.41, 5.74) is 12.2. The van der Waals surface area contributed by atoms with Gasteiger partial charge in [-0.1, -0.05) is 30.3 Å². The van der Waals surface area contributed by atoms with E-state index in [1.807, 2.05) is 43.7 Å². The molecule has 1 aliphatic heterocycles. The second-order valence-electron chi connectivity index (χ2n) is 9.33. The van der Waals surface area contributed by atoms with E-state index in [1.54, 1.807) is 17.0 Å². The minimum atomic E-state index is -0.614. The number of anilines is 1. The van der Waals surface area contributed by atoms with Crippen molar-refractivity contribution in [3.05, 3.63) is 64.8 Å². The van der Waals surface area contributed by atoms with Crippen LogP contribution in [0.1, 0.15) is 43.2 Å². The molecule has 33 heavy (non-hydrogen) atoms. The number of hydrogen-bond acceptors (Lipinski definition) is 4. The zero-order valence-electron chi connectivity index (χ0n) is 19.6. The van der Waals surface area contributed by atoms with Gasteiger partial charge in [0.1, 0.15) is 5.60 Å². The first-order chi connectivity index (χ1) is 15.5. The summed E-state index contributed by atoms with van der Waals surface area (Å²) in [7, 11) is 0. The SMILES string of the molecule is Cc1cccc(C)c1-n1nc2c(c1-c1ccc(NC(N)=O)cc1)CN(C(=O)OC(C)(C)C)C2. The maximum atomic E-state index is 12.7. The van der Waals surface area contributed by atoms with E-state index in [4.69, 9.17) is 15.6 Å². The number of ether oxygens (including phenoxy) is 1. The predicted octanol–water partition coefficient (Wildman–Crippen LogP) is 4.90. The van der Waals surface area contributed by atoms with Crippen molar-refractivity contribution in [3.8, 4) is 16.9 Å². The highest BCUT2D eigenvalue weighted by atomic mass is 16.6. The average Bonchev–Trinajstić information content (AvgIpc) is 3.25. The number of hydrogen-bond donors (Lipinski definition) is 2. The number of rotatable bonds is 3. The fraction of sp³-hybridized carbons (Fsp3) is 0.320. The van der Waals surface area contributed by atoms with Crippen LogP contribution in [-0.4, -0.2) is 32.4 Å². The molecule has 0 saturated carbocycles. The van der Waals surface area contributed by atoms with E-state index in [-0.39, 0.29) is 6.09 Å². The lowest BCUT2D eigenvalue weighted by Gasteiger charge is -2.24. The summed E-state index contributed by atoms with van der Waals surface area (Å²) in [4.78, 5) is 25.6. The van der Waals surface area contributed by atoms with Gasteiger partial charge in [0.15, 0.2) is 0 Å². The van der Waals surface area contributed by atoms with Crippen molar-refractivity contribution in [1.29, 1.82) is 0 Å². The van der Waals surface area contributed by atoms with Crippen LogP contribution in [0.2, 0.25) is 0 Å². The Morgan fingerprint density at radius 2 is 1.67 bits per heavy atom. The van der Waals surface area contributed by atoms with E-state index in [2.05, 4.69) is 31.3 Å². The zero-order chi connectivity index (χ0) is 23.9. The van der Waals surface area contributed by atoms with Crippen LogP contribution in [0, 0.1) is 13.8 Å². The molecule has 8 heteroatoms. The van der Waals surface area contributed by atoms with E-state index in [0.717, 1.165) is 39.3 Å². The lowest BCUT2D eigenvalue weighted by molar-refractivity contribution is 0.0239. The number of primary amides is 1. The number of aryl methyl sites for hydroxylation is 2. The van der Waals surface area contributed by atoms with Gasteiger partial charge in [-0.15, -0.1) is 0 Å². The Kier molecular flexibility index (Phi) is 5.61. The largest absolute Gasteiger partial charge is 0.444 e. The molecule has 4 rings (SSSR count). The van der Waals surface area contributed by atoms with E-state index < -0.39 is 11.6 Å². The first-order valence-corrected chi connectivity index (χ1v) is 10.9. The topological polar surface area (TPSA) is 102 Å². The van der Waals surface area contributed by atoms with Gasteiger partial charge < -0.3 is 15.8 Å². The molecule has 0 unspecified atom stereocenters. The van der Waals surface area contributed by atoms with E-state index in [9.17, 15) is 9.59 Å². The molecular weight excluding hydrogens is 418 g/mol. The summed E-state index contributed by atoms with van der Waals surface area (Å²) in [6, 6.07) is 13.0. The number of amides is 3. The fourth-order valence-corrected chi connectivity index (χ4v) is 4.12. The fourth-order valence-electron chi connectivity index (χ4n) is 4.12. The van der Waals surface area contributed by atoms with Crippen LogP contribution >= 0.6 is 0 Å². The number of carbonyl (C=O) groups is 2. The summed E-state index contributed by atoms with van der Waals surface area (Å²) in [6.45, 7) is 10.5. The molecule has 3 amide bonds. The maximum Gasteiger partial charge on any atom is 0.410 e. The number of fused-ring (bicyclic) bond motifs is 1. The van der Waals surface area contributed by atoms with Gasteiger partial charge in [-0.05, 0) is 57.9 Å². The monoisotopic (exact) mass is 447 g/mol. The van der Waals surface area contributed by atoms with Crippen molar-refractivity contribution in [3.63, 3.8) is 0 Å². The molecular formula is C25H29N5O3. The Morgan fingerprint density at radius 3 is 2.24 bits per heavy atom. The molecule has 2 heterocycles. The van der Waals surface area contributed by atoms with Gasteiger partial charge in [-0.2, -0.15) is 5.10 Å². The normalized spacial score (nSPS) is 13.1. The molecule has 0 bridgehead atoms. The van der Waals surface area contributed by atoms with Crippen molar-refractivity contribution in [1.82, 2.24) is 14.7 Å². The van der Waals surface area contributed by atoms with E-state index >= 15 is 0 Å². The maximum absolute atomic E-state index is 12.7. The van der Waals surface area contributed by atoms with Gasteiger partial charge in [0, 0.05) is 16.8 Å². The van der Waals surface area contributed by atoms with Crippen LogP contribution in [0.25, 0.3) is 16.9 Å². The Balaban J connectivity index is 1.79. The molecule has 0 aliphatic carbocycles. The Bertz CT molecular complexity index is 1200. The summed E-state index contributed by atoms with van der Waals surface area (Å²) in [6.07, 6.45) is -0.355. The second-order valence-corrected chi connectivity index (χ2v) is 9.33. The Morgan fingerprint density at radius 1 is 1.03 bits per heavy atom. The van der Waals surface area contributed by atoms with Crippen molar-refractivity contribution in [2.24, 2.45) is 5.73 Å². The summed E-state index contributed by atoms with van der Waals surface area (Å²) >= 11 is 0. The highest BCUT2D eigenvalue weighted by Crippen LogP contribution is 2.37. The van der Waals surface area contributed by atoms with Crippen LogP contribution in [0.15, 0.2) is 42.5 Å². The third-order valence-corrected chi connectivity index (χ3v) is 5.49. The lowest BCUT2D eigenvalue weighted by atomic mass is 10.0.